The van der Waals surface area contributed by atoms with Crippen molar-refractivity contribution < 1.29 is 9.59 Å². The predicted molar refractivity (Wildman–Crippen MR) is 64.5 cm³/mol. The molecule has 2 rings (SSSR count). The second-order valence-electron chi connectivity index (χ2n) is 3.62. The topological polar surface area (TPSA) is 63.4 Å². The number of hydrogen-bond acceptors (Lipinski definition) is 4. The molecular weight excluding hydrogens is 224 g/mol. The van der Waals surface area contributed by atoms with E-state index in [2.05, 4.69) is 0 Å². The highest BCUT2D eigenvalue weighted by Crippen LogP contribution is 2.31. The number of rotatable bonds is 2. The molecule has 0 aromatic heterocycles. The van der Waals surface area contributed by atoms with Crippen molar-refractivity contribution in [2.24, 2.45) is 5.73 Å². The number of imide groups is 1. The standard InChI is InChI=1S/C11H12N2O2S/c1-7-2-4-8(5-3-7)13-10(14)9(6-12)16-11(13)15/h2-5,9H,6,12H2,1H3. The van der Waals surface area contributed by atoms with Gasteiger partial charge in [-0.15, -0.1) is 0 Å². The number of amides is 2. The molecule has 84 valence electrons. The average Bonchev–Trinajstić information content (AvgIpc) is 2.56. The third-order valence-corrected chi connectivity index (χ3v) is 3.49. The maximum atomic E-state index is 11.8. The molecule has 5 heteroatoms. The van der Waals surface area contributed by atoms with Crippen LogP contribution in [0.25, 0.3) is 0 Å². The quantitative estimate of drug-likeness (QED) is 0.845. The zero-order chi connectivity index (χ0) is 11.7. The third-order valence-electron chi connectivity index (χ3n) is 2.43. The van der Waals surface area contributed by atoms with Gasteiger partial charge in [0.1, 0.15) is 5.25 Å². The van der Waals surface area contributed by atoms with Gasteiger partial charge in [-0.1, -0.05) is 17.7 Å². The molecule has 2 N–H and O–H groups in total. The minimum absolute atomic E-state index is 0.192. The first kappa shape index (κ1) is 11.2. The van der Waals surface area contributed by atoms with Gasteiger partial charge in [-0.05, 0) is 30.8 Å². The van der Waals surface area contributed by atoms with Crippen LogP contribution < -0.4 is 10.6 Å². The first-order chi connectivity index (χ1) is 7.63. The van der Waals surface area contributed by atoms with E-state index in [1.165, 1.54) is 4.90 Å². The summed E-state index contributed by atoms with van der Waals surface area (Å²) in [6.07, 6.45) is 0. The van der Waals surface area contributed by atoms with Gasteiger partial charge in [0.05, 0.1) is 5.69 Å². The SMILES string of the molecule is Cc1ccc(N2C(=O)SC(CN)C2=O)cc1. The van der Waals surface area contributed by atoms with Crippen molar-refractivity contribution in [1.82, 2.24) is 0 Å². The van der Waals surface area contributed by atoms with Gasteiger partial charge in [0, 0.05) is 6.54 Å². The average molecular weight is 236 g/mol. The lowest BCUT2D eigenvalue weighted by Gasteiger charge is -2.13. The number of hydrogen-bond donors (Lipinski definition) is 1. The monoisotopic (exact) mass is 236 g/mol. The molecular formula is C11H12N2O2S. The smallest absolute Gasteiger partial charge is 0.293 e. The third kappa shape index (κ3) is 1.83. The molecule has 0 bridgehead atoms. The van der Waals surface area contributed by atoms with Gasteiger partial charge in [-0.3, -0.25) is 9.59 Å². The van der Waals surface area contributed by atoms with Crippen LogP contribution in [0, 0.1) is 6.92 Å². The Hall–Kier alpha value is -1.33. The van der Waals surface area contributed by atoms with Gasteiger partial charge in [0.25, 0.3) is 5.24 Å². The summed E-state index contributed by atoms with van der Waals surface area (Å²) >= 11 is 0.993. The van der Waals surface area contributed by atoms with Gasteiger partial charge in [0.15, 0.2) is 0 Å². The van der Waals surface area contributed by atoms with Crippen LogP contribution in [-0.2, 0) is 4.79 Å². The Labute approximate surface area is 97.8 Å². The molecule has 1 atom stereocenters. The lowest BCUT2D eigenvalue weighted by molar-refractivity contribution is -0.116. The van der Waals surface area contributed by atoms with E-state index in [1.807, 2.05) is 19.1 Å². The number of nitrogens with zero attached hydrogens (tertiary/aromatic N) is 1. The van der Waals surface area contributed by atoms with Gasteiger partial charge in [-0.2, -0.15) is 0 Å². The van der Waals surface area contributed by atoms with Crippen LogP contribution in [0.4, 0.5) is 10.5 Å². The number of aryl methyl sites for hydroxylation is 1. The van der Waals surface area contributed by atoms with E-state index in [0.717, 1.165) is 17.3 Å². The number of carbonyl (C=O) groups excluding carboxylic acids is 2. The minimum Gasteiger partial charge on any atom is -0.329 e. The zero-order valence-corrected chi connectivity index (χ0v) is 9.66. The molecule has 0 radical (unpaired) electrons. The van der Waals surface area contributed by atoms with E-state index in [-0.39, 0.29) is 17.7 Å². The molecule has 0 spiro atoms. The Balaban J connectivity index is 2.31. The molecule has 1 aromatic rings. The number of carbonyl (C=O) groups is 2. The normalized spacial score (nSPS) is 20.6. The number of nitrogens with two attached hydrogens (primary N) is 1. The maximum Gasteiger partial charge on any atom is 0.293 e. The molecule has 1 unspecified atom stereocenters. The van der Waals surface area contributed by atoms with Gasteiger partial charge >= 0.3 is 0 Å². The lowest BCUT2D eigenvalue weighted by atomic mass is 10.2. The van der Waals surface area contributed by atoms with Crippen molar-refractivity contribution in [1.29, 1.82) is 0 Å². The molecule has 1 saturated heterocycles. The fourth-order valence-corrected chi connectivity index (χ4v) is 2.38. The molecule has 0 saturated carbocycles. The minimum atomic E-state index is -0.436. The molecule has 1 aromatic carbocycles. The van der Waals surface area contributed by atoms with Crippen LogP contribution in [0.15, 0.2) is 24.3 Å². The second-order valence-corrected chi connectivity index (χ2v) is 4.77. The Morgan fingerprint density at radius 1 is 1.31 bits per heavy atom. The summed E-state index contributed by atoms with van der Waals surface area (Å²) in [5.41, 5.74) is 7.13. The van der Waals surface area contributed by atoms with Crippen molar-refractivity contribution in [2.45, 2.75) is 12.2 Å². The van der Waals surface area contributed by atoms with Gasteiger partial charge < -0.3 is 5.73 Å². The van der Waals surface area contributed by atoms with Crippen LogP contribution in [0.2, 0.25) is 0 Å². The van der Waals surface area contributed by atoms with Crippen LogP contribution >= 0.6 is 11.8 Å². The molecule has 1 aliphatic rings. The van der Waals surface area contributed by atoms with Crippen LogP contribution in [-0.4, -0.2) is 22.9 Å². The Morgan fingerprint density at radius 3 is 2.44 bits per heavy atom. The predicted octanol–water partition coefficient (Wildman–Crippen LogP) is 1.52. The van der Waals surface area contributed by atoms with Crippen LogP contribution in [0.5, 0.6) is 0 Å². The van der Waals surface area contributed by atoms with Crippen molar-refractivity contribution in [3.63, 3.8) is 0 Å². The number of anilines is 1. The van der Waals surface area contributed by atoms with E-state index < -0.39 is 5.25 Å². The highest BCUT2D eigenvalue weighted by atomic mass is 32.2. The highest BCUT2D eigenvalue weighted by Gasteiger charge is 2.39. The molecule has 1 fully saturated rings. The molecule has 1 heterocycles. The summed E-state index contributed by atoms with van der Waals surface area (Å²) in [5, 5.41) is -0.682. The summed E-state index contributed by atoms with van der Waals surface area (Å²) in [6.45, 7) is 2.15. The maximum absolute atomic E-state index is 11.8. The van der Waals surface area contributed by atoms with E-state index in [1.54, 1.807) is 12.1 Å². The zero-order valence-electron chi connectivity index (χ0n) is 8.84. The van der Waals surface area contributed by atoms with Crippen LogP contribution in [0.3, 0.4) is 0 Å². The Morgan fingerprint density at radius 2 is 1.94 bits per heavy atom. The highest BCUT2D eigenvalue weighted by molar-refractivity contribution is 8.15. The fraction of sp³-hybridized carbons (Fsp3) is 0.273. The number of benzene rings is 1. The molecule has 4 nitrogen and oxygen atoms in total. The fourth-order valence-electron chi connectivity index (χ4n) is 1.53. The van der Waals surface area contributed by atoms with E-state index >= 15 is 0 Å². The first-order valence-corrected chi connectivity index (χ1v) is 5.83. The Kier molecular flexibility index (Phi) is 2.98. The summed E-state index contributed by atoms with van der Waals surface area (Å²) in [4.78, 5) is 24.7. The molecule has 16 heavy (non-hydrogen) atoms. The van der Waals surface area contributed by atoms with Crippen molar-refractivity contribution in [3.05, 3.63) is 29.8 Å². The summed E-state index contributed by atoms with van der Waals surface area (Å²) in [7, 11) is 0. The van der Waals surface area contributed by atoms with E-state index in [0.29, 0.717) is 5.69 Å². The van der Waals surface area contributed by atoms with Crippen LogP contribution in [0.1, 0.15) is 5.56 Å². The van der Waals surface area contributed by atoms with Crippen molar-refractivity contribution in [3.8, 4) is 0 Å². The summed E-state index contributed by atoms with van der Waals surface area (Å²) in [6, 6.07) is 7.28. The summed E-state index contributed by atoms with van der Waals surface area (Å²) < 4.78 is 0. The number of thioether (sulfide) groups is 1. The molecule has 0 aliphatic carbocycles. The summed E-state index contributed by atoms with van der Waals surface area (Å²) in [5.74, 6) is -0.221. The van der Waals surface area contributed by atoms with Gasteiger partial charge in [-0.25, -0.2) is 4.90 Å². The van der Waals surface area contributed by atoms with Crippen molar-refractivity contribution >= 4 is 28.6 Å². The largest absolute Gasteiger partial charge is 0.329 e. The Bertz CT molecular complexity index is 430. The van der Waals surface area contributed by atoms with E-state index in [9.17, 15) is 9.59 Å². The van der Waals surface area contributed by atoms with Crippen molar-refractivity contribution in [2.75, 3.05) is 11.4 Å². The molecule has 2 amide bonds. The first-order valence-electron chi connectivity index (χ1n) is 4.95. The van der Waals surface area contributed by atoms with Gasteiger partial charge in [0.2, 0.25) is 5.91 Å². The second kappa shape index (κ2) is 4.27. The lowest BCUT2D eigenvalue weighted by Crippen LogP contribution is -2.34. The molecule has 1 aliphatic heterocycles. The van der Waals surface area contributed by atoms with E-state index in [4.69, 9.17) is 5.73 Å².